The number of hydrogen-bond donors (Lipinski definition) is 2. The van der Waals surface area contributed by atoms with E-state index in [-0.39, 0.29) is 17.9 Å². The first kappa shape index (κ1) is 16.5. The first-order valence-corrected chi connectivity index (χ1v) is 8.35. The molecule has 6 heteroatoms. The van der Waals surface area contributed by atoms with Gasteiger partial charge in [0.1, 0.15) is 11.5 Å². The smallest absolute Gasteiger partial charge is 0.277 e. The second kappa shape index (κ2) is 7.49. The van der Waals surface area contributed by atoms with E-state index in [1.165, 1.54) is 6.39 Å². The summed E-state index contributed by atoms with van der Waals surface area (Å²) in [6.45, 7) is 5.82. The number of piperidine rings is 1. The molecule has 1 amide bonds. The van der Waals surface area contributed by atoms with Crippen LogP contribution in [0, 0.1) is 0 Å². The fourth-order valence-electron chi connectivity index (χ4n) is 2.88. The van der Waals surface area contributed by atoms with E-state index in [0.717, 1.165) is 31.7 Å². The number of nitrogens with one attached hydrogen (secondary N) is 2. The largest absolute Gasteiger partial charge is 0.491 e. The Morgan fingerprint density at radius 2 is 2.00 bits per heavy atom. The van der Waals surface area contributed by atoms with Crippen molar-refractivity contribution in [3.63, 3.8) is 0 Å². The maximum atomic E-state index is 12.5. The number of carbonyl (C=O) groups excluding carboxylic acids is 1. The Morgan fingerprint density at radius 3 is 2.67 bits per heavy atom. The molecule has 0 saturated carbocycles. The van der Waals surface area contributed by atoms with E-state index in [1.807, 2.05) is 38.1 Å². The van der Waals surface area contributed by atoms with Crippen LogP contribution >= 0.6 is 0 Å². The SMILES string of the molecule is CC(C)Oc1ccc(NC(=O)c2ncoc2C2CCNCC2)cc1. The topological polar surface area (TPSA) is 76.4 Å². The molecule has 6 nitrogen and oxygen atoms in total. The van der Waals surface area contributed by atoms with Gasteiger partial charge >= 0.3 is 0 Å². The van der Waals surface area contributed by atoms with Crippen molar-refractivity contribution in [1.29, 1.82) is 0 Å². The summed E-state index contributed by atoms with van der Waals surface area (Å²) in [6, 6.07) is 7.32. The summed E-state index contributed by atoms with van der Waals surface area (Å²) in [6.07, 6.45) is 3.38. The van der Waals surface area contributed by atoms with Crippen LogP contribution in [-0.4, -0.2) is 30.1 Å². The summed E-state index contributed by atoms with van der Waals surface area (Å²) in [4.78, 5) is 16.6. The summed E-state index contributed by atoms with van der Waals surface area (Å²) >= 11 is 0. The van der Waals surface area contributed by atoms with Gasteiger partial charge in [-0.15, -0.1) is 0 Å². The van der Waals surface area contributed by atoms with Gasteiger partial charge in [0.15, 0.2) is 12.1 Å². The van der Waals surface area contributed by atoms with Crippen molar-refractivity contribution in [1.82, 2.24) is 10.3 Å². The first-order chi connectivity index (χ1) is 11.6. The molecular formula is C18H23N3O3. The van der Waals surface area contributed by atoms with Crippen LogP contribution in [0.5, 0.6) is 5.75 Å². The van der Waals surface area contributed by atoms with Crippen molar-refractivity contribution in [2.24, 2.45) is 0 Å². The van der Waals surface area contributed by atoms with E-state index < -0.39 is 0 Å². The molecule has 1 aliphatic rings. The fraction of sp³-hybridized carbons (Fsp3) is 0.444. The van der Waals surface area contributed by atoms with Gasteiger partial charge in [0.2, 0.25) is 0 Å². The van der Waals surface area contributed by atoms with Gasteiger partial charge in [-0.05, 0) is 64.0 Å². The van der Waals surface area contributed by atoms with Gasteiger partial charge in [0, 0.05) is 11.6 Å². The molecule has 0 atom stereocenters. The third kappa shape index (κ3) is 3.94. The normalized spacial score (nSPS) is 15.5. The summed E-state index contributed by atoms with van der Waals surface area (Å²) in [5.74, 6) is 1.47. The number of rotatable bonds is 5. The number of aromatic nitrogens is 1. The van der Waals surface area contributed by atoms with Crippen LogP contribution in [0.4, 0.5) is 5.69 Å². The van der Waals surface area contributed by atoms with Gasteiger partial charge < -0.3 is 19.8 Å². The Kier molecular flexibility index (Phi) is 5.15. The zero-order valence-corrected chi connectivity index (χ0v) is 14.0. The molecular weight excluding hydrogens is 306 g/mol. The van der Waals surface area contributed by atoms with E-state index in [4.69, 9.17) is 9.15 Å². The zero-order valence-electron chi connectivity index (χ0n) is 14.0. The number of nitrogens with zero attached hydrogens (tertiary/aromatic N) is 1. The van der Waals surface area contributed by atoms with Crippen LogP contribution in [0.3, 0.4) is 0 Å². The second-order valence-corrected chi connectivity index (χ2v) is 6.23. The molecule has 2 aromatic rings. The van der Waals surface area contributed by atoms with Gasteiger partial charge in [-0.2, -0.15) is 0 Å². The molecule has 1 saturated heterocycles. The van der Waals surface area contributed by atoms with Crippen LogP contribution in [0.2, 0.25) is 0 Å². The highest BCUT2D eigenvalue weighted by atomic mass is 16.5. The average molecular weight is 329 g/mol. The number of oxazole rings is 1. The Morgan fingerprint density at radius 1 is 1.29 bits per heavy atom. The Bertz CT molecular complexity index is 673. The predicted octanol–water partition coefficient (Wildman–Crippen LogP) is 3.18. The number of benzene rings is 1. The molecule has 24 heavy (non-hydrogen) atoms. The van der Waals surface area contributed by atoms with E-state index in [1.54, 1.807) is 0 Å². The molecule has 2 heterocycles. The average Bonchev–Trinajstić information content (AvgIpc) is 3.07. The molecule has 1 aromatic carbocycles. The van der Waals surface area contributed by atoms with Crippen molar-refractivity contribution in [3.05, 3.63) is 42.1 Å². The summed E-state index contributed by atoms with van der Waals surface area (Å²) < 4.78 is 11.1. The van der Waals surface area contributed by atoms with Crippen LogP contribution in [0.15, 0.2) is 35.1 Å². The molecule has 128 valence electrons. The zero-order chi connectivity index (χ0) is 16.9. The fourth-order valence-corrected chi connectivity index (χ4v) is 2.88. The Hall–Kier alpha value is -2.34. The van der Waals surface area contributed by atoms with Crippen molar-refractivity contribution < 1.29 is 13.9 Å². The lowest BCUT2D eigenvalue weighted by Crippen LogP contribution is -2.27. The Labute approximate surface area is 141 Å². The Balaban J connectivity index is 1.68. The molecule has 0 radical (unpaired) electrons. The molecule has 1 aromatic heterocycles. The highest BCUT2D eigenvalue weighted by Crippen LogP contribution is 2.28. The van der Waals surface area contributed by atoms with Crippen molar-refractivity contribution >= 4 is 11.6 Å². The molecule has 1 aliphatic heterocycles. The van der Waals surface area contributed by atoms with Gasteiger partial charge in [-0.25, -0.2) is 4.98 Å². The van der Waals surface area contributed by atoms with E-state index in [9.17, 15) is 4.79 Å². The number of hydrogen-bond acceptors (Lipinski definition) is 5. The molecule has 0 spiro atoms. The van der Waals surface area contributed by atoms with E-state index in [0.29, 0.717) is 17.1 Å². The summed E-state index contributed by atoms with van der Waals surface area (Å²) in [7, 11) is 0. The number of amides is 1. The first-order valence-electron chi connectivity index (χ1n) is 8.35. The minimum Gasteiger partial charge on any atom is -0.491 e. The van der Waals surface area contributed by atoms with Crippen LogP contribution in [0.1, 0.15) is 48.9 Å². The second-order valence-electron chi connectivity index (χ2n) is 6.23. The monoisotopic (exact) mass is 329 g/mol. The van der Waals surface area contributed by atoms with Crippen LogP contribution in [-0.2, 0) is 0 Å². The number of ether oxygens (including phenoxy) is 1. The third-order valence-corrected chi connectivity index (χ3v) is 4.00. The summed E-state index contributed by atoms with van der Waals surface area (Å²) in [5, 5.41) is 6.18. The van der Waals surface area contributed by atoms with Gasteiger partial charge in [0.05, 0.1) is 6.10 Å². The lowest BCUT2D eigenvalue weighted by Gasteiger charge is -2.21. The van der Waals surface area contributed by atoms with E-state index in [2.05, 4.69) is 15.6 Å². The quantitative estimate of drug-likeness (QED) is 0.881. The molecule has 0 unspecified atom stereocenters. The highest BCUT2D eigenvalue weighted by Gasteiger charge is 2.25. The molecule has 2 N–H and O–H groups in total. The molecule has 3 rings (SSSR count). The summed E-state index contributed by atoms with van der Waals surface area (Å²) in [5.41, 5.74) is 1.08. The van der Waals surface area contributed by atoms with Gasteiger partial charge in [-0.3, -0.25) is 4.79 Å². The number of carbonyl (C=O) groups is 1. The lowest BCUT2D eigenvalue weighted by atomic mass is 9.94. The maximum absolute atomic E-state index is 12.5. The lowest BCUT2D eigenvalue weighted by molar-refractivity contribution is 0.102. The van der Waals surface area contributed by atoms with E-state index >= 15 is 0 Å². The van der Waals surface area contributed by atoms with Crippen molar-refractivity contribution in [2.45, 2.75) is 38.7 Å². The maximum Gasteiger partial charge on any atom is 0.277 e. The predicted molar refractivity (Wildman–Crippen MR) is 91.5 cm³/mol. The van der Waals surface area contributed by atoms with Crippen LogP contribution in [0.25, 0.3) is 0 Å². The van der Waals surface area contributed by atoms with Crippen molar-refractivity contribution in [3.8, 4) is 5.75 Å². The standard InChI is InChI=1S/C18H23N3O3/c1-12(2)24-15-5-3-14(4-6-15)21-18(22)16-17(23-11-20-16)13-7-9-19-10-8-13/h3-6,11-13,19H,7-10H2,1-2H3,(H,21,22). The van der Waals surface area contributed by atoms with Gasteiger partial charge in [-0.1, -0.05) is 0 Å². The highest BCUT2D eigenvalue weighted by molar-refractivity contribution is 6.03. The molecule has 0 bridgehead atoms. The molecule has 0 aliphatic carbocycles. The van der Waals surface area contributed by atoms with Crippen LogP contribution < -0.4 is 15.4 Å². The van der Waals surface area contributed by atoms with Crippen molar-refractivity contribution in [2.75, 3.05) is 18.4 Å². The van der Waals surface area contributed by atoms with Gasteiger partial charge in [0.25, 0.3) is 5.91 Å². The molecule has 1 fully saturated rings. The minimum absolute atomic E-state index is 0.119. The third-order valence-electron chi connectivity index (χ3n) is 4.00. The number of anilines is 1. The minimum atomic E-state index is -0.241.